The molecule has 0 aromatic heterocycles. The third-order valence-corrected chi connectivity index (χ3v) is 4.08. The average molecular weight is 403 g/mol. The highest BCUT2D eigenvalue weighted by Gasteiger charge is 2.07. The second-order valence-corrected chi connectivity index (χ2v) is 6.99. The third kappa shape index (κ3) is 8.83. The molecule has 2 N–H and O–H groups in total. The molecule has 0 bridgehead atoms. The Morgan fingerprint density at radius 2 is 1.86 bits per heavy atom. The molecule has 0 saturated carbocycles. The van der Waals surface area contributed by atoms with Crippen molar-refractivity contribution in [3.05, 3.63) is 59.9 Å². The first-order chi connectivity index (χ1) is 14.0. The largest absolute Gasteiger partial charge is 0.492 e. The van der Waals surface area contributed by atoms with Gasteiger partial charge in [0.05, 0.1) is 6.54 Å². The second-order valence-electron chi connectivity index (χ2n) is 6.99. The summed E-state index contributed by atoms with van der Waals surface area (Å²) in [5.41, 5.74) is 1.10. The van der Waals surface area contributed by atoms with Crippen molar-refractivity contribution in [2.75, 3.05) is 40.8 Å². The number of nitrogens with zero attached hydrogens (tertiary/aromatic N) is 2. The van der Waals surface area contributed by atoms with Crippen LogP contribution in [0.15, 0.2) is 53.5 Å². The van der Waals surface area contributed by atoms with Gasteiger partial charge in [0.2, 0.25) is 0 Å². The predicted molar refractivity (Wildman–Crippen MR) is 115 cm³/mol. The van der Waals surface area contributed by atoms with E-state index >= 15 is 0 Å². The highest BCUT2D eigenvalue weighted by Crippen LogP contribution is 2.14. The summed E-state index contributed by atoms with van der Waals surface area (Å²) in [5.74, 6) is 1.71. The lowest BCUT2D eigenvalue weighted by Crippen LogP contribution is -2.41. The smallest absolute Gasteiger partial charge is 0.191 e. The number of ether oxygens (including phenoxy) is 2. The van der Waals surface area contributed by atoms with Gasteiger partial charge in [-0.1, -0.05) is 18.2 Å². The summed E-state index contributed by atoms with van der Waals surface area (Å²) in [5, 5.41) is 6.49. The van der Waals surface area contributed by atoms with Crippen molar-refractivity contribution in [1.29, 1.82) is 0 Å². The Hall–Kier alpha value is -2.80. The van der Waals surface area contributed by atoms with E-state index in [1.807, 2.05) is 45.3 Å². The first-order valence-electron chi connectivity index (χ1n) is 9.69. The molecular formula is C22H31FN4O2. The minimum absolute atomic E-state index is 0.149. The van der Waals surface area contributed by atoms with Gasteiger partial charge in [-0.15, -0.1) is 0 Å². The average Bonchev–Trinajstić information content (AvgIpc) is 2.68. The zero-order valence-electron chi connectivity index (χ0n) is 17.6. The molecule has 2 aromatic rings. The minimum Gasteiger partial charge on any atom is -0.492 e. The van der Waals surface area contributed by atoms with E-state index in [-0.39, 0.29) is 11.9 Å². The van der Waals surface area contributed by atoms with E-state index in [2.05, 4.69) is 20.5 Å². The number of aliphatic imine (C=N–C) groups is 1. The topological polar surface area (TPSA) is 58.1 Å². The Balaban J connectivity index is 1.77. The number of nitrogens with one attached hydrogen (secondary N) is 2. The number of guanidine groups is 1. The molecule has 1 unspecified atom stereocenters. The van der Waals surface area contributed by atoms with Gasteiger partial charge in [-0.05, 0) is 50.8 Å². The molecule has 0 heterocycles. The second kappa shape index (κ2) is 11.9. The predicted octanol–water partition coefficient (Wildman–Crippen LogP) is 2.90. The van der Waals surface area contributed by atoms with E-state index in [1.165, 1.54) is 12.1 Å². The molecule has 158 valence electrons. The van der Waals surface area contributed by atoms with Crippen LogP contribution in [0.5, 0.6) is 11.5 Å². The maximum Gasteiger partial charge on any atom is 0.191 e. The summed E-state index contributed by atoms with van der Waals surface area (Å²) in [4.78, 5) is 6.31. The van der Waals surface area contributed by atoms with Crippen molar-refractivity contribution < 1.29 is 13.9 Å². The van der Waals surface area contributed by atoms with Gasteiger partial charge in [0.1, 0.15) is 30.0 Å². The van der Waals surface area contributed by atoms with Crippen molar-refractivity contribution in [2.45, 2.75) is 19.6 Å². The van der Waals surface area contributed by atoms with Crippen LogP contribution in [-0.4, -0.2) is 57.8 Å². The van der Waals surface area contributed by atoms with Crippen LogP contribution >= 0.6 is 0 Å². The monoisotopic (exact) mass is 402 g/mol. The first kappa shape index (κ1) is 22.5. The van der Waals surface area contributed by atoms with Crippen LogP contribution in [0.3, 0.4) is 0 Å². The molecule has 0 radical (unpaired) electrons. The number of likely N-dealkylation sites (N-methyl/N-ethyl adjacent to an activating group) is 1. The molecule has 6 nitrogen and oxygen atoms in total. The summed E-state index contributed by atoms with van der Waals surface area (Å²) >= 11 is 0. The molecule has 1 atom stereocenters. The normalized spacial score (nSPS) is 12.6. The number of benzene rings is 2. The van der Waals surface area contributed by atoms with Gasteiger partial charge >= 0.3 is 0 Å². The lowest BCUT2D eigenvalue weighted by molar-refractivity contribution is 0.223. The van der Waals surface area contributed by atoms with Crippen molar-refractivity contribution in [3.8, 4) is 11.5 Å². The van der Waals surface area contributed by atoms with Crippen molar-refractivity contribution in [3.63, 3.8) is 0 Å². The Morgan fingerprint density at radius 3 is 2.59 bits per heavy atom. The molecular weight excluding hydrogens is 371 g/mol. The maximum atomic E-state index is 13.2. The first-order valence-corrected chi connectivity index (χ1v) is 9.69. The zero-order chi connectivity index (χ0) is 21.1. The molecule has 0 amide bonds. The maximum absolute atomic E-state index is 13.2. The van der Waals surface area contributed by atoms with Crippen molar-refractivity contribution in [1.82, 2.24) is 15.5 Å². The van der Waals surface area contributed by atoms with Gasteiger partial charge in [0.15, 0.2) is 5.96 Å². The fraction of sp³-hybridized carbons (Fsp3) is 0.409. The molecule has 0 aliphatic rings. The van der Waals surface area contributed by atoms with Crippen LogP contribution in [0.2, 0.25) is 0 Å². The lowest BCUT2D eigenvalue weighted by Gasteiger charge is -2.18. The highest BCUT2D eigenvalue weighted by atomic mass is 19.1. The summed E-state index contributed by atoms with van der Waals surface area (Å²) in [6.45, 7) is 4.58. The van der Waals surface area contributed by atoms with Crippen molar-refractivity contribution >= 4 is 5.96 Å². The van der Waals surface area contributed by atoms with Crippen LogP contribution in [0, 0.1) is 5.82 Å². The molecule has 0 fully saturated rings. The number of halogens is 1. The standard InChI is InChI=1S/C22H31FN4O2/c1-17(29-21-10-6-8-19(23)14-21)15-25-22(24-2)26-16-18-7-5-9-20(13-18)28-12-11-27(3)4/h5-10,13-14,17H,11-12,15-16H2,1-4H3,(H2,24,25,26). The van der Waals surface area contributed by atoms with E-state index < -0.39 is 0 Å². The Morgan fingerprint density at radius 1 is 1.10 bits per heavy atom. The highest BCUT2D eigenvalue weighted by molar-refractivity contribution is 5.79. The van der Waals surface area contributed by atoms with E-state index in [0.29, 0.717) is 31.4 Å². The van der Waals surface area contributed by atoms with Crippen LogP contribution in [0.1, 0.15) is 12.5 Å². The molecule has 0 aliphatic carbocycles. The molecule has 0 spiro atoms. The Kier molecular flexibility index (Phi) is 9.24. The molecule has 0 saturated heterocycles. The molecule has 0 aliphatic heterocycles. The fourth-order valence-electron chi connectivity index (χ4n) is 2.55. The van der Waals surface area contributed by atoms with Gasteiger partial charge < -0.3 is 25.0 Å². The summed E-state index contributed by atoms with van der Waals surface area (Å²) in [6, 6.07) is 14.1. The van der Waals surface area contributed by atoms with E-state index in [1.54, 1.807) is 19.2 Å². The number of hydrogen-bond acceptors (Lipinski definition) is 4. The quantitative estimate of drug-likeness (QED) is 0.473. The van der Waals surface area contributed by atoms with E-state index in [4.69, 9.17) is 9.47 Å². The Bertz CT molecular complexity index is 783. The van der Waals surface area contributed by atoms with Gasteiger partial charge in [-0.2, -0.15) is 0 Å². The van der Waals surface area contributed by atoms with Gasteiger partial charge in [-0.3, -0.25) is 4.99 Å². The summed E-state index contributed by atoms with van der Waals surface area (Å²) in [6.07, 6.45) is -0.149. The lowest BCUT2D eigenvalue weighted by atomic mass is 10.2. The molecule has 2 aromatic carbocycles. The Labute approximate surface area is 172 Å². The van der Waals surface area contributed by atoms with E-state index in [9.17, 15) is 4.39 Å². The van der Waals surface area contributed by atoms with Gasteiger partial charge in [0, 0.05) is 26.2 Å². The van der Waals surface area contributed by atoms with E-state index in [0.717, 1.165) is 17.9 Å². The summed E-state index contributed by atoms with van der Waals surface area (Å²) in [7, 11) is 5.76. The molecule has 7 heteroatoms. The van der Waals surface area contributed by atoms with Crippen LogP contribution in [0.25, 0.3) is 0 Å². The van der Waals surface area contributed by atoms with Gasteiger partial charge in [0.25, 0.3) is 0 Å². The third-order valence-electron chi connectivity index (χ3n) is 4.08. The van der Waals surface area contributed by atoms with Crippen molar-refractivity contribution in [2.24, 2.45) is 4.99 Å². The zero-order valence-corrected chi connectivity index (χ0v) is 17.6. The van der Waals surface area contributed by atoms with Crippen LogP contribution in [0.4, 0.5) is 4.39 Å². The molecule has 2 rings (SSSR count). The fourth-order valence-corrected chi connectivity index (χ4v) is 2.55. The molecule has 29 heavy (non-hydrogen) atoms. The summed E-state index contributed by atoms with van der Waals surface area (Å²) < 4.78 is 24.7. The number of rotatable bonds is 10. The van der Waals surface area contributed by atoms with Gasteiger partial charge in [-0.25, -0.2) is 4.39 Å². The van der Waals surface area contributed by atoms with Crippen LogP contribution < -0.4 is 20.1 Å². The minimum atomic E-state index is -0.312. The number of hydrogen-bond donors (Lipinski definition) is 2. The SMILES string of the molecule is CN=C(NCc1cccc(OCCN(C)C)c1)NCC(C)Oc1cccc(F)c1. The van der Waals surface area contributed by atoms with Crippen LogP contribution in [-0.2, 0) is 6.54 Å².